The van der Waals surface area contributed by atoms with E-state index in [-0.39, 0.29) is 30.9 Å². The molecule has 9 heteroatoms. The molecule has 2 heterocycles. The van der Waals surface area contributed by atoms with Gasteiger partial charge in [-0.05, 0) is 66.1 Å². The van der Waals surface area contributed by atoms with Gasteiger partial charge >= 0.3 is 0 Å². The van der Waals surface area contributed by atoms with Crippen LogP contribution in [0.25, 0.3) is 0 Å². The summed E-state index contributed by atoms with van der Waals surface area (Å²) < 4.78 is 21.9. The zero-order valence-corrected chi connectivity index (χ0v) is 24.3. The molecule has 8 nitrogen and oxygen atoms in total. The van der Waals surface area contributed by atoms with E-state index < -0.39 is 0 Å². The van der Waals surface area contributed by atoms with Crippen LogP contribution in [0.2, 0.25) is 0 Å². The number of methoxy groups -OCH3 is 3. The fourth-order valence-electron chi connectivity index (χ4n) is 4.76. The van der Waals surface area contributed by atoms with Gasteiger partial charge in [-0.1, -0.05) is 24.3 Å². The van der Waals surface area contributed by atoms with Crippen molar-refractivity contribution in [3.8, 4) is 17.2 Å². The maximum atomic E-state index is 13.8. The Hall–Kier alpha value is -3.56. The van der Waals surface area contributed by atoms with Crippen LogP contribution in [-0.4, -0.2) is 75.3 Å². The fourth-order valence-corrected chi connectivity index (χ4v) is 5.48. The molecule has 1 fully saturated rings. The fraction of sp³-hybridized carbons (Fsp3) is 0.419. The highest BCUT2D eigenvalue weighted by Gasteiger charge is 2.26. The minimum atomic E-state index is -0.0926. The molecule has 0 saturated carbocycles. The molecule has 2 aromatic carbocycles. The number of hydrogen-bond donors (Lipinski definition) is 0. The molecule has 1 aromatic heterocycles. The number of nitrogens with zero attached hydrogens (tertiary/aromatic N) is 2. The summed E-state index contributed by atoms with van der Waals surface area (Å²) in [6.45, 7) is 2.10. The van der Waals surface area contributed by atoms with E-state index in [4.69, 9.17) is 18.9 Å². The van der Waals surface area contributed by atoms with E-state index in [1.165, 1.54) is 0 Å². The van der Waals surface area contributed by atoms with E-state index in [0.717, 1.165) is 34.6 Å². The number of ether oxygens (including phenoxy) is 4. The number of carbonyl (C=O) groups excluding carboxylic acids is 2. The SMILES string of the molecule is COc1ccc(CC(=O)N(CC(=O)N(CCc2ccc(OC)c(OC)c2)Cc2cccs2)CC2CCCO2)cc1. The molecular formula is C31H38N2O6S. The third kappa shape index (κ3) is 8.22. The molecule has 40 heavy (non-hydrogen) atoms. The van der Waals surface area contributed by atoms with Gasteiger partial charge in [0.2, 0.25) is 11.8 Å². The summed E-state index contributed by atoms with van der Waals surface area (Å²) >= 11 is 1.62. The van der Waals surface area contributed by atoms with Gasteiger partial charge in [0.25, 0.3) is 0 Å². The highest BCUT2D eigenvalue weighted by Crippen LogP contribution is 2.28. The second kappa shape index (κ2) is 14.7. The lowest BCUT2D eigenvalue weighted by molar-refractivity contribution is -0.141. The van der Waals surface area contributed by atoms with Gasteiger partial charge in [-0.2, -0.15) is 0 Å². The Kier molecular flexibility index (Phi) is 10.8. The lowest BCUT2D eigenvalue weighted by atomic mass is 10.1. The van der Waals surface area contributed by atoms with Crippen LogP contribution >= 0.6 is 11.3 Å². The Morgan fingerprint density at radius 3 is 2.35 bits per heavy atom. The second-order valence-electron chi connectivity index (χ2n) is 9.77. The quantitative estimate of drug-likeness (QED) is 0.284. The van der Waals surface area contributed by atoms with Crippen LogP contribution in [0.5, 0.6) is 17.2 Å². The first kappa shape index (κ1) is 29.4. The monoisotopic (exact) mass is 566 g/mol. The van der Waals surface area contributed by atoms with Crippen molar-refractivity contribution in [2.75, 3.05) is 47.6 Å². The molecule has 3 aromatic rings. The molecule has 214 valence electrons. The third-order valence-corrected chi connectivity index (χ3v) is 7.90. The molecule has 0 N–H and O–H groups in total. The number of amides is 2. The van der Waals surface area contributed by atoms with E-state index >= 15 is 0 Å². The van der Waals surface area contributed by atoms with Crippen molar-refractivity contribution in [3.63, 3.8) is 0 Å². The van der Waals surface area contributed by atoms with Crippen LogP contribution in [0.3, 0.4) is 0 Å². The molecule has 0 bridgehead atoms. The van der Waals surface area contributed by atoms with E-state index in [9.17, 15) is 9.59 Å². The van der Waals surface area contributed by atoms with Crippen molar-refractivity contribution < 1.29 is 28.5 Å². The van der Waals surface area contributed by atoms with Crippen LogP contribution in [0, 0.1) is 0 Å². The Bertz CT molecular complexity index is 1230. The first-order valence-corrected chi connectivity index (χ1v) is 14.4. The second-order valence-corrected chi connectivity index (χ2v) is 10.8. The Morgan fingerprint density at radius 2 is 1.70 bits per heavy atom. The summed E-state index contributed by atoms with van der Waals surface area (Å²) in [6, 6.07) is 17.3. The predicted molar refractivity (Wildman–Crippen MR) is 155 cm³/mol. The van der Waals surface area contributed by atoms with Crippen LogP contribution in [0.1, 0.15) is 28.8 Å². The summed E-state index contributed by atoms with van der Waals surface area (Å²) in [5, 5.41) is 2.01. The van der Waals surface area contributed by atoms with Crippen LogP contribution < -0.4 is 14.2 Å². The lowest BCUT2D eigenvalue weighted by Crippen LogP contribution is -2.46. The summed E-state index contributed by atoms with van der Waals surface area (Å²) in [6.07, 6.45) is 2.65. The highest BCUT2D eigenvalue weighted by molar-refractivity contribution is 7.09. The minimum absolute atomic E-state index is 0.00611. The van der Waals surface area contributed by atoms with Crippen molar-refractivity contribution in [2.24, 2.45) is 0 Å². The Labute approximate surface area is 240 Å². The molecule has 4 rings (SSSR count). The summed E-state index contributed by atoms with van der Waals surface area (Å²) in [5.74, 6) is 1.88. The standard InChI is InChI=1S/C31H38N2O6S/c1-36-25-11-8-23(9-12-25)19-30(34)33(20-26-6-4-16-39-26)22-31(35)32(21-27-7-5-17-40-27)15-14-24-10-13-28(37-2)29(18-24)38-3/h5,7-13,17-18,26H,4,6,14-16,19-22H2,1-3H3. The average Bonchev–Trinajstić information content (AvgIpc) is 3.69. The van der Waals surface area contributed by atoms with Gasteiger partial charge in [0, 0.05) is 24.6 Å². The van der Waals surface area contributed by atoms with Gasteiger partial charge in [-0.15, -0.1) is 11.3 Å². The Balaban J connectivity index is 1.48. The zero-order chi connectivity index (χ0) is 28.3. The topological polar surface area (TPSA) is 77.5 Å². The van der Waals surface area contributed by atoms with E-state index in [0.29, 0.717) is 44.2 Å². The molecule has 1 atom stereocenters. The van der Waals surface area contributed by atoms with Crippen molar-refractivity contribution in [1.29, 1.82) is 0 Å². The van der Waals surface area contributed by atoms with Gasteiger partial charge < -0.3 is 28.7 Å². The molecular weight excluding hydrogens is 528 g/mol. The largest absolute Gasteiger partial charge is 0.497 e. The van der Waals surface area contributed by atoms with Crippen LogP contribution in [-0.2, 0) is 33.7 Å². The van der Waals surface area contributed by atoms with E-state index in [1.807, 2.05) is 64.9 Å². The van der Waals surface area contributed by atoms with Crippen LogP contribution in [0.4, 0.5) is 0 Å². The summed E-state index contributed by atoms with van der Waals surface area (Å²) in [7, 11) is 4.83. The van der Waals surface area contributed by atoms with E-state index in [1.54, 1.807) is 37.6 Å². The third-order valence-electron chi connectivity index (χ3n) is 7.04. The summed E-state index contributed by atoms with van der Waals surface area (Å²) in [5.41, 5.74) is 1.91. The average molecular weight is 567 g/mol. The molecule has 1 saturated heterocycles. The first-order chi connectivity index (χ1) is 19.5. The maximum Gasteiger partial charge on any atom is 0.242 e. The van der Waals surface area contributed by atoms with Crippen LogP contribution in [0.15, 0.2) is 60.0 Å². The number of hydrogen-bond acceptors (Lipinski definition) is 7. The number of thiophene rings is 1. The highest BCUT2D eigenvalue weighted by atomic mass is 32.1. The van der Waals surface area contributed by atoms with Gasteiger partial charge in [-0.25, -0.2) is 0 Å². The molecule has 1 aliphatic rings. The van der Waals surface area contributed by atoms with Gasteiger partial charge in [0.05, 0.1) is 46.9 Å². The smallest absolute Gasteiger partial charge is 0.242 e. The molecule has 1 unspecified atom stereocenters. The zero-order valence-electron chi connectivity index (χ0n) is 23.5. The maximum absolute atomic E-state index is 13.8. The van der Waals surface area contributed by atoms with Crippen molar-refractivity contribution >= 4 is 23.2 Å². The molecule has 0 radical (unpaired) electrons. The first-order valence-electron chi connectivity index (χ1n) is 13.5. The van der Waals surface area contributed by atoms with Gasteiger partial charge in [0.1, 0.15) is 5.75 Å². The van der Waals surface area contributed by atoms with Gasteiger partial charge in [0.15, 0.2) is 11.5 Å². The Morgan fingerprint density at radius 1 is 0.925 bits per heavy atom. The number of benzene rings is 2. The molecule has 0 spiro atoms. The van der Waals surface area contributed by atoms with Crippen molar-refractivity contribution in [1.82, 2.24) is 9.80 Å². The molecule has 1 aliphatic heterocycles. The van der Waals surface area contributed by atoms with Gasteiger partial charge in [-0.3, -0.25) is 9.59 Å². The van der Waals surface area contributed by atoms with Crippen molar-refractivity contribution in [3.05, 3.63) is 76.0 Å². The van der Waals surface area contributed by atoms with E-state index in [2.05, 4.69) is 0 Å². The van der Waals surface area contributed by atoms with Crippen molar-refractivity contribution in [2.45, 2.75) is 38.3 Å². The number of carbonyl (C=O) groups is 2. The summed E-state index contributed by atoms with van der Waals surface area (Å²) in [4.78, 5) is 31.9. The number of rotatable bonds is 14. The molecule has 0 aliphatic carbocycles. The predicted octanol–water partition coefficient (Wildman–Crippen LogP) is 4.60. The normalized spacial score (nSPS) is 14.5. The molecule has 2 amide bonds. The lowest BCUT2D eigenvalue weighted by Gasteiger charge is -2.29. The minimum Gasteiger partial charge on any atom is -0.497 e.